The van der Waals surface area contributed by atoms with Gasteiger partial charge >= 0.3 is 0 Å². The molecule has 0 saturated heterocycles. The average Bonchev–Trinajstić information content (AvgIpc) is 2.80. The monoisotopic (exact) mass is 493 g/mol. The average molecular weight is 494 g/mol. The van der Waals surface area contributed by atoms with Gasteiger partial charge in [0.2, 0.25) is 0 Å². The zero-order valence-corrected chi connectivity index (χ0v) is 20.0. The highest BCUT2D eigenvalue weighted by atomic mass is 32.2. The van der Waals surface area contributed by atoms with Crippen molar-refractivity contribution in [3.05, 3.63) is 84.2 Å². The minimum atomic E-state index is -4.06. The van der Waals surface area contributed by atoms with Gasteiger partial charge in [-0.1, -0.05) is 24.3 Å². The summed E-state index contributed by atoms with van der Waals surface area (Å²) in [6, 6.07) is 18.9. The lowest BCUT2D eigenvalue weighted by atomic mass is 10.1. The van der Waals surface area contributed by atoms with E-state index >= 15 is 0 Å². The number of para-hydroxylation sites is 2. The summed E-state index contributed by atoms with van der Waals surface area (Å²) in [7, 11) is -0.466. The number of fused-ring (bicyclic) bond motifs is 1. The van der Waals surface area contributed by atoms with E-state index in [4.69, 9.17) is 0 Å². The number of nitrogens with zero attached hydrogens (tertiary/aromatic N) is 3. The van der Waals surface area contributed by atoms with Crippen molar-refractivity contribution in [2.75, 3.05) is 30.7 Å². The summed E-state index contributed by atoms with van der Waals surface area (Å²) in [5.74, 6) is -0.271. The standard InChI is InChI=1S/C25H24FN5O3S/c1-31(2)16-20(32)14-17-6-5-7-21(15-17)35(33,34)30-25-24(27-19-12-10-18(26)11-13-19)28-22-8-3-4-9-23(22)29-25/h3-13,15H,14,16H2,1-2H3,(H,27,28)(H,29,30). The minimum Gasteiger partial charge on any atom is -0.337 e. The molecule has 0 spiro atoms. The second kappa shape index (κ2) is 10.2. The van der Waals surface area contributed by atoms with Crippen LogP contribution in [0.4, 0.5) is 21.7 Å². The second-order valence-electron chi connectivity index (χ2n) is 8.25. The van der Waals surface area contributed by atoms with Gasteiger partial charge in [0.1, 0.15) is 5.82 Å². The lowest BCUT2D eigenvalue weighted by Crippen LogP contribution is -2.23. The molecule has 0 amide bonds. The molecule has 0 atom stereocenters. The van der Waals surface area contributed by atoms with Gasteiger partial charge in [0.15, 0.2) is 17.4 Å². The highest BCUT2D eigenvalue weighted by Crippen LogP contribution is 2.27. The van der Waals surface area contributed by atoms with Crippen LogP contribution in [-0.2, 0) is 21.2 Å². The number of ketones is 1. The van der Waals surface area contributed by atoms with E-state index in [-0.39, 0.29) is 35.3 Å². The number of anilines is 3. The molecule has 1 aromatic heterocycles. The van der Waals surface area contributed by atoms with E-state index < -0.39 is 15.8 Å². The molecule has 10 heteroatoms. The summed E-state index contributed by atoms with van der Waals surface area (Å²) in [4.78, 5) is 22.9. The number of hydrogen-bond donors (Lipinski definition) is 2. The normalized spacial score (nSPS) is 11.5. The van der Waals surface area contributed by atoms with Crippen LogP contribution in [0.25, 0.3) is 11.0 Å². The van der Waals surface area contributed by atoms with Crippen molar-refractivity contribution in [3.63, 3.8) is 0 Å². The second-order valence-corrected chi connectivity index (χ2v) is 9.93. The SMILES string of the molecule is CN(C)CC(=O)Cc1cccc(S(=O)(=O)Nc2nc3ccccc3nc2Nc2ccc(F)cc2)c1. The van der Waals surface area contributed by atoms with Gasteiger partial charge in [-0.05, 0) is 68.2 Å². The summed E-state index contributed by atoms with van der Waals surface area (Å²) >= 11 is 0. The van der Waals surface area contributed by atoms with Crippen LogP contribution in [-0.4, -0.2) is 49.7 Å². The molecule has 35 heavy (non-hydrogen) atoms. The van der Waals surface area contributed by atoms with E-state index in [9.17, 15) is 17.6 Å². The van der Waals surface area contributed by atoms with Crippen LogP contribution in [0.15, 0.2) is 77.7 Å². The molecule has 4 rings (SSSR count). The third kappa shape index (κ3) is 6.17. The Balaban J connectivity index is 1.66. The number of benzene rings is 3. The number of likely N-dealkylation sites (N-methyl/N-ethyl adjacent to an activating group) is 1. The summed E-state index contributed by atoms with van der Waals surface area (Å²) in [5.41, 5.74) is 2.16. The van der Waals surface area contributed by atoms with Crippen LogP contribution < -0.4 is 10.0 Å². The number of sulfonamides is 1. The number of rotatable bonds is 9. The van der Waals surface area contributed by atoms with E-state index in [0.717, 1.165) is 0 Å². The van der Waals surface area contributed by atoms with Crippen LogP contribution in [0, 0.1) is 5.82 Å². The van der Waals surface area contributed by atoms with Crippen molar-refractivity contribution in [1.82, 2.24) is 14.9 Å². The largest absolute Gasteiger partial charge is 0.337 e. The summed E-state index contributed by atoms with van der Waals surface area (Å²) < 4.78 is 42.3. The van der Waals surface area contributed by atoms with Gasteiger partial charge in [-0.15, -0.1) is 0 Å². The first-order valence-corrected chi connectivity index (χ1v) is 12.3. The quantitative estimate of drug-likeness (QED) is 0.363. The van der Waals surface area contributed by atoms with E-state index in [1.807, 2.05) is 0 Å². The van der Waals surface area contributed by atoms with Gasteiger partial charge < -0.3 is 10.2 Å². The summed E-state index contributed by atoms with van der Waals surface area (Å²) in [6.07, 6.45) is 0.120. The molecule has 0 aliphatic heterocycles. The third-order valence-electron chi connectivity index (χ3n) is 5.01. The number of aromatic nitrogens is 2. The van der Waals surface area contributed by atoms with Crippen LogP contribution in [0.5, 0.6) is 0 Å². The predicted molar refractivity (Wildman–Crippen MR) is 134 cm³/mol. The number of nitrogens with one attached hydrogen (secondary N) is 2. The van der Waals surface area contributed by atoms with Crippen LogP contribution in [0.2, 0.25) is 0 Å². The van der Waals surface area contributed by atoms with Crippen LogP contribution in [0.3, 0.4) is 0 Å². The van der Waals surface area contributed by atoms with Crippen molar-refractivity contribution < 1.29 is 17.6 Å². The molecule has 4 aromatic rings. The Morgan fingerprint density at radius 2 is 1.57 bits per heavy atom. The number of hydrogen-bond acceptors (Lipinski definition) is 7. The Morgan fingerprint density at radius 1 is 0.914 bits per heavy atom. The summed E-state index contributed by atoms with van der Waals surface area (Å²) in [6.45, 7) is 0.264. The maximum Gasteiger partial charge on any atom is 0.263 e. The van der Waals surface area contributed by atoms with Gasteiger partial charge in [-0.3, -0.25) is 9.52 Å². The molecular formula is C25H24FN5O3S. The molecule has 0 bridgehead atoms. The van der Waals surface area contributed by atoms with Gasteiger partial charge in [0, 0.05) is 12.1 Å². The fraction of sp³-hybridized carbons (Fsp3) is 0.160. The van der Waals surface area contributed by atoms with Crippen LogP contribution >= 0.6 is 0 Å². The van der Waals surface area contributed by atoms with Gasteiger partial charge in [-0.2, -0.15) is 0 Å². The van der Waals surface area contributed by atoms with Gasteiger partial charge in [0.25, 0.3) is 10.0 Å². The van der Waals surface area contributed by atoms with Crippen molar-refractivity contribution in [2.45, 2.75) is 11.3 Å². The Kier molecular flexibility index (Phi) is 7.04. The van der Waals surface area contributed by atoms with Crippen molar-refractivity contribution in [1.29, 1.82) is 0 Å². The molecule has 1 heterocycles. The lowest BCUT2D eigenvalue weighted by molar-refractivity contribution is -0.119. The van der Waals surface area contributed by atoms with Gasteiger partial charge in [-0.25, -0.2) is 22.8 Å². The zero-order chi connectivity index (χ0) is 25.0. The first kappa shape index (κ1) is 24.2. The smallest absolute Gasteiger partial charge is 0.263 e. The van der Waals surface area contributed by atoms with Crippen molar-refractivity contribution >= 4 is 44.2 Å². The molecule has 8 nitrogen and oxygen atoms in total. The number of carbonyl (C=O) groups excluding carboxylic acids is 1. The zero-order valence-electron chi connectivity index (χ0n) is 19.2. The molecule has 0 radical (unpaired) electrons. The first-order valence-electron chi connectivity index (χ1n) is 10.8. The fourth-order valence-electron chi connectivity index (χ4n) is 3.47. The Hall–Kier alpha value is -3.89. The molecule has 2 N–H and O–H groups in total. The van der Waals surface area contributed by atoms with E-state index in [1.54, 1.807) is 55.4 Å². The molecule has 0 aliphatic rings. The number of Topliss-reactive ketones (excluding diaryl/α,β-unsaturated/α-hetero) is 1. The van der Waals surface area contributed by atoms with E-state index in [1.165, 1.54) is 36.4 Å². The third-order valence-corrected chi connectivity index (χ3v) is 6.35. The van der Waals surface area contributed by atoms with Gasteiger partial charge in [0.05, 0.1) is 22.5 Å². The molecule has 180 valence electrons. The highest BCUT2D eigenvalue weighted by Gasteiger charge is 2.20. The lowest BCUT2D eigenvalue weighted by Gasteiger charge is -2.14. The topological polar surface area (TPSA) is 104 Å². The number of halogens is 1. The Bertz CT molecular complexity index is 1470. The molecule has 3 aromatic carbocycles. The van der Waals surface area contributed by atoms with Crippen molar-refractivity contribution in [3.8, 4) is 0 Å². The molecule has 0 unspecified atom stereocenters. The van der Waals surface area contributed by atoms with E-state index in [2.05, 4.69) is 20.0 Å². The Labute approximate surface area is 202 Å². The highest BCUT2D eigenvalue weighted by molar-refractivity contribution is 7.92. The Morgan fingerprint density at radius 3 is 2.23 bits per heavy atom. The molecule has 0 aliphatic carbocycles. The first-order chi connectivity index (χ1) is 16.7. The maximum atomic E-state index is 13.3. The summed E-state index contributed by atoms with van der Waals surface area (Å²) in [5, 5.41) is 3.01. The molecule has 0 fully saturated rings. The molecular weight excluding hydrogens is 469 g/mol. The molecule has 0 saturated carbocycles. The van der Waals surface area contributed by atoms with Crippen LogP contribution in [0.1, 0.15) is 5.56 Å². The number of carbonyl (C=O) groups is 1. The minimum absolute atomic E-state index is 0.00431. The fourth-order valence-corrected chi connectivity index (χ4v) is 4.55. The predicted octanol–water partition coefficient (Wildman–Crippen LogP) is 3.99. The maximum absolute atomic E-state index is 13.3. The van der Waals surface area contributed by atoms with E-state index in [0.29, 0.717) is 22.3 Å². The van der Waals surface area contributed by atoms with Crippen molar-refractivity contribution in [2.24, 2.45) is 0 Å².